The molecular weight excluding hydrogens is 370 g/mol. The van der Waals surface area contributed by atoms with Gasteiger partial charge in [-0.15, -0.1) is 0 Å². The summed E-state index contributed by atoms with van der Waals surface area (Å²) in [6, 6.07) is 8.35. The van der Waals surface area contributed by atoms with E-state index in [1.54, 1.807) is 30.3 Å². The minimum absolute atomic E-state index is 0.103. The van der Waals surface area contributed by atoms with E-state index >= 15 is 0 Å². The molecule has 29 heavy (non-hydrogen) atoms. The minimum atomic E-state index is -0.543. The number of nitrogens with zero attached hydrogens (tertiary/aromatic N) is 2. The Hall–Kier alpha value is -3.22. The summed E-state index contributed by atoms with van der Waals surface area (Å²) in [6.45, 7) is 2.80. The Kier molecular flexibility index (Phi) is 6.59. The van der Waals surface area contributed by atoms with Crippen LogP contribution in [0, 0.1) is 0 Å². The molecule has 0 aliphatic carbocycles. The summed E-state index contributed by atoms with van der Waals surface area (Å²) in [5, 5.41) is 2.70. The fourth-order valence-electron chi connectivity index (χ4n) is 3.61. The normalized spacial score (nSPS) is 16.2. The number of aromatic nitrogens is 1. The highest BCUT2D eigenvalue weighted by Gasteiger charge is 2.27. The number of ether oxygens (including phenoxy) is 1. The average molecular weight is 395 g/mol. The van der Waals surface area contributed by atoms with E-state index in [4.69, 9.17) is 4.74 Å². The van der Waals surface area contributed by atoms with Crippen LogP contribution in [0.5, 0.6) is 0 Å². The third kappa shape index (κ3) is 4.62. The third-order valence-electron chi connectivity index (χ3n) is 5.19. The fraction of sp³-hybridized carbons (Fsp3) is 0.364. The smallest absolute Gasteiger partial charge is 0.339 e. The van der Waals surface area contributed by atoms with Gasteiger partial charge in [0.05, 0.1) is 29.5 Å². The van der Waals surface area contributed by atoms with Crippen LogP contribution in [-0.4, -0.2) is 47.4 Å². The number of methoxy groups -OCH3 is 1. The molecule has 0 radical (unpaired) electrons. The fourth-order valence-corrected chi connectivity index (χ4v) is 3.61. The first-order chi connectivity index (χ1) is 14.0. The van der Waals surface area contributed by atoms with Crippen molar-refractivity contribution in [1.82, 2.24) is 9.88 Å². The van der Waals surface area contributed by atoms with Gasteiger partial charge in [0.1, 0.15) is 0 Å². The van der Waals surface area contributed by atoms with Gasteiger partial charge in [-0.1, -0.05) is 19.1 Å². The van der Waals surface area contributed by atoms with Gasteiger partial charge in [0.25, 0.3) is 11.8 Å². The third-order valence-corrected chi connectivity index (χ3v) is 5.19. The predicted molar refractivity (Wildman–Crippen MR) is 109 cm³/mol. The molecule has 1 N–H and O–H groups in total. The number of para-hydroxylation sites is 1. The Labute approximate surface area is 170 Å². The van der Waals surface area contributed by atoms with Crippen LogP contribution in [-0.2, 0) is 4.74 Å². The zero-order valence-corrected chi connectivity index (χ0v) is 16.7. The van der Waals surface area contributed by atoms with Gasteiger partial charge in [-0.05, 0) is 43.9 Å². The highest BCUT2D eigenvalue weighted by Crippen LogP contribution is 2.22. The van der Waals surface area contributed by atoms with Gasteiger partial charge >= 0.3 is 5.97 Å². The molecule has 2 amide bonds. The number of benzene rings is 1. The summed E-state index contributed by atoms with van der Waals surface area (Å²) in [5.74, 6) is -1.10. The first kappa shape index (κ1) is 20.5. The summed E-state index contributed by atoms with van der Waals surface area (Å²) in [5.41, 5.74) is 1.23. The molecule has 1 aliphatic heterocycles. The molecule has 0 saturated carbocycles. The lowest BCUT2D eigenvalue weighted by Crippen LogP contribution is -2.43. The van der Waals surface area contributed by atoms with Crippen LogP contribution in [0.25, 0.3) is 0 Å². The Morgan fingerprint density at radius 2 is 1.93 bits per heavy atom. The molecule has 7 heteroatoms. The number of anilines is 1. The van der Waals surface area contributed by atoms with Crippen molar-refractivity contribution in [1.29, 1.82) is 0 Å². The second-order valence-electron chi connectivity index (χ2n) is 7.01. The lowest BCUT2D eigenvalue weighted by Gasteiger charge is -2.35. The Morgan fingerprint density at radius 1 is 1.17 bits per heavy atom. The van der Waals surface area contributed by atoms with E-state index in [2.05, 4.69) is 17.2 Å². The molecule has 1 unspecified atom stereocenters. The molecule has 1 fully saturated rings. The topological polar surface area (TPSA) is 88.6 Å². The Morgan fingerprint density at radius 3 is 2.69 bits per heavy atom. The molecule has 2 heterocycles. The molecule has 2 aromatic rings. The van der Waals surface area contributed by atoms with Crippen molar-refractivity contribution in [2.75, 3.05) is 19.0 Å². The molecule has 1 aromatic heterocycles. The van der Waals surface area contributed by atoms with Gasteiger partial charge in [-0.2, -0.15) is 0 Å². The molecule has 1 aromatic carbocycles. The van der Waals surface area contributed by atoms with Crippen molar-refractivity contribution in [2.45, 2.75) is 38.6 Å². The van der Waals surface area contributed by atoms with Crippen LogP contribution in [0.3, 0.4) is 0 Å². The van der Waals surface area contributed by atoms with Crippen molar-refractivity contribution in [2.24, 2.45) is 0 Å². The second kappa shape index (κ2) is 9.32. The number of carbonyl (C=O) groups excluding carboxylic acids is 3. The molecular formula is C22H25N3O4. The van der Waals surface area contributed by atoms with Crippen molar-refractivity contribution in [3.05, 3.63) is 59.4 Å². The summed E-state index contributed by atoms with van der Waals surface area (Å²) >= 11 is 0. The lowest BCUT2D eigenvalue weighted by molar-refractivity contribution is 0.0596. The van der Waals surface area contributed by atoms with Crippen molar-refractivity contribution < 1.29 is 19.1 Å². The SMILES string of the molecule is CCC1CCCCN1C(=O)c1cncc(C(=O)Nc2ccccc2C(=O)OC)c1. The van der Waals surface area contributed by atoms with E-state index in [1.165, 1.54) is 19.5 Å². The van der Waals surface area contributed by atoms with E-state index in [9.17, 15) is 14.4 Å². The Balaban J connectivity index is 1.80. The zero-order valence-electron chi connectivity index (χ0n) is 16.7. The highest BCUT2D eigenvalue weighted by atomic mass is 16.5. The van der Waals surface area contributed by atoms with Crippen LogP contribution in [0.1, 0.15) is 63.7 Å². The first-order valence-electron chi connectivity index (χ1n) is 9.79. The van der Waals surface area contributed by atoms with Gasteiger partial charge in [-0.25, -0.2) is 4.79 Å². The minimum Gasteiger partial charge on any atom is -0.465 e. The molecule has 7 nitrogen and oxygen atoms in total. The number of nitrogens with one attached hydrogen (secondary N) is 1. The number of hydrogen-bond acceptors (Lipinski definition) is 5. The van der Waals surface area contributed by atoms with Crippen molar-refractivity contribution >= 4 is 23.5 Å². The molecule has 152 valence electrons. The van der Waals surface area contributed by atoms with E-state index in [0.717, 1.165) is 32.2 Å². The van der Waals surface area contributed by atoms with Gasteiger partial charge in [0.15, 0.2) is 0 Å². The maximum absolute atomic E-state index is 13.0. The van der Waals surface area contributed by atoms with Crippen LogP contribution in [0.15, 0.2) is 42.7 Å². The average Bonchev–Trinajstić information content (AvgIpc) is 2.78. The van der Waals surface area contributed by atoms with E-state index in [1.807, 2.05) is 4.90 Å². The summed E-state index contributed by atoms with van der Waals surface area (Å²) in [4.78, 5) is 43.6. The van der Waals surface area contributed by atoms with Crippen LogP contribution >= 0.6 is 0 Å². The summed E-state index contributed by atoms with van der Waals surface area (Å²) in [7, 11) is 1.28. The molecule has 1 saturated heterocycles. The van der Waals surface area contributed by atoms with Gasteiger partial charge in [0, 0.05) is 25.0 Å². The number of piperidine rings is 1. The van der Waals surface area contributed by atoms with Crippen molar-refractivity contribution in [3.63, 3.8) is 0 Å². The molecule has 1 atom stereocenters. The van der Waals surface area contributed by atoms with Crippen LogP contribution in [0.2, 0.25) is 0 Å². The number of hydrogen-bond donors (Lipinski definition) is 1. The van der Waals surface area contributed by atoms with Crippen LogP contribution in [0.4, 0.5) is 5.69 Å². The number of esters is 1. The Bertz CT molecular complexity index is 912. The number of carbonyl (C=O) groups is 3. The van der Waals surface area contributed by atoms with Crippen molar-refractivity contribution in [3.8, 4) is 0 Å². The van der Waals surface area contributed by atoms with E-state index in [-0.39, 0.29) is 23.1 Å². The standard InChI is InChI=1S/C22H25N3O4/c1-3-17-8-6-7-11-25(17)21(27)16-12-15(13-23-14-16)20(26)24-19-10-5-4-9-18(19)22(28)29-2/h4-5,9-10,12-14,17H,3,6-8,11H2,1-2H3,(H,24,26). The molecule has 1 aliphatic rings. The zero-order chi connectivity index (χ0) is 20.8. The number of rotatable bonds is 5. The lowest BCUT2D eigenvalue weighted by atomic mass is 9.99. The molecule has 0 spiro atoms. The maximum atomic E-state index is 13.0. The monoisotopic (exact) mass is 395 g/mol. The highest BCUT2D eigenvalue weighted by molar-refractivity contribution is 6.08. The largest absolute Gasteiger partial charge is 0.465 e. The van der Waals surface area contributed by atoms with Crippen LogP contribution < -0.4 is 5.32 Å². The molecule has 3 rings (SSSR count). The summed E-state index contributed by atoms with van der Waals surface area (Å²) in [6.07, 6.45) is 6.91. The van der Waals surface area contributed by atoms with Gasteiger partial charge < -0.3 is 15.0 Å². The van der Waals surface area contributed by atoms with Gasteiger partial charge in [-0.3, -0.25) is 14.6 Å². The van der Waals surface area contributed by atoms with E-state index < -0.39 is 11.9 Å². The quantitative estimate of drug-likeness (QED) is 0.783. The second-order valence-corrected chi connectivity index (χ2v) is 7.01. The first-order valence-corrected chi connectivity index (χ1v) is 9.79. The number of likely N-dealkylation sites (tertiary alicyclic amines) is 1. The summed E-state index contributed by atoms with van der Waals surface area (Å²) < 4.78 is 4.75. The number of pyridine rings is 1. The maximum Gasteiger partial charge on any atom is 0.339 e. The predicted octanol–water partition coefficient (Wildman–Crippen LogP) is 3.53. The van der Waals surface area contributed by atoms with E-state index in [0.29, 0.717) is 11.3 Å². The molecule has 0 bridgehead atoms. The van der Waals surface area contributed by atoms with Gasteiger partial charge in [0.2, 0.25) is 0 Å². The number of amides is 2.